The lowest BCUT2D eigenvalue weighted by Crippen LogP contribution is -2.14. The third-order valence-corrected chi connectivity index (χ3v) is 5.37. The fourth-order valence-electron chi connectivity index (χ4n) is 2.71. The Balaban J connectivity index is 1.30. The molecule has 0 bridgehead atoms. The van der Waals surface area contributed by atoms with Gasteiger partial charge in [0.05, 0.1) is 26.1 Å². The maximum atomic E-state index is 12.5. The molecular formula is C16H18N5O6P. The lowest BCUT2D eigenvalue weighted by atomic mass is 10.1. The number of nitrogens with zero attached hydrogens (tertiary/aromatic N) is 3. The van der Waals surface area contributed by atoms with E-state index >= 15 is 0 Å². The number of hydrogen-bond donors (Lipinski definition) is 2. The first-order valence-electron chi connectivity index (χ1n) is 8.40. The summed E-state index contributed by atoms with van der Waals surface area (Å²) in [6, 6.07) is 5.51. The lowest BCUT2D eigenvalue weighted by molar-refractivity contribution is 0.0414. The maximum absolute atomic E-state index is 12.5. The van der Waals surface area contributed by atoms with Crippen molar-refractivity contribution >= 4 is 24.9 Å². The summed E-state index contributed by atoms with van der Waals surface area (Å²) in [6.45, 7) is 2.25. The number of ether oxygens (including phenoxy) is 1. The first-order chi connectivity index (χ1) is 13.4. The fraction of sp³-hybridized carbons (Fsp3) is 0.312. The van der Waals surface area contributed by atoms with E-state index in [2.05, 4.69) is 15.0 Å². The molecule has 2 aromatic heterocycles. The zero-order chi connectivity index (χ0) is 19.7. The van der Waals surface area contributed by atoms with Crippen molar-refractivity contribution in [1.82, 2.24) is 19.5 Å². The molecule has 1 aromatic carbocycles. The number of aromatic amines is 1. The quantitative estimate of drug-likeness (QED) is 0.461. The van der Waals surface area contributed by atoms with Gasteiger partial charge >= 0.3 is 7.82 Å². The van der Waals surface area contributed by atoms with Crippen molar-refractivity contribution in [3.8, 4) is 5.75 Å². The molecule has 0 fully saturated rings. The van der Waals surface area contributed by atoms with Gasteiger partial charge in [-0.05, 0) is 13.0 Å². The fourth-order valence-corrected chi connectivity index (χ4v) is 3.90. The number of benzene rings is 1. The van der Waals surface area contributed by atoms with E-state index in [1.54, 1.807) is 6.07 Å². The Hall–Kier alpha value is -2.72. The number of H-pyrrole nitrogens is 1. The van der Waals surface area contributed by atoms with Gasteiger partial charge in [-0.15, -0.1) is 0 Å². The van der Waals surface area contributed by atoms with Crippen molar-refractivity contribution in [2.45, 2.75) is 20.3 Å². The molecular weight excluding hydrogens is 389 g/mol. The molecule has 0 saturated heterocycles. The summed E-state index contributed by atoms with van der Waals surface area (Å²) in [7, 11) is -3.69. The summed E-state index contributed by atoms with van der Waals surface area (Å²) >= 11 is 0. The van der Waals surface area contributed by atoms with Crippen molar-refractivity contribution in [3.63, 3.8) is 0 Å². The summed E-state index contributed by atoms with van der Waals surface area (Å²) < 4.78 is 35.4. The number of hydrogen-bond acceptors (Lipinski definition) is 9. The molecule has 3 aromatic rings. The highest BCUT2D eigenvalue weighted by atomic mass is 31.2. The van der Waals surface area contributed by atoms with Gasteiger partial charge in [0.2, 0.25) is 5.95 Å². The highest BCUT2D eigenvalue weighted by Gasteiger charge is 2.33. The minimum atomic E-state index is -3.69. The van der Waals surface area contributed by atoms with Crippen LogP contribution in [0.5, 0.6) is 5.75 Å². The second-order valence-electron chi connectivity index (χ2n) is 6.13. The normalized spacial score (nSPS) is 18.8. The van der Waals surface area contributed by atoms with Crippen LogP contribution in [-0.2, 0) is 31.7 Å². The monoisotopic (exact) mass is 407 g/mol. The largest absolute Gasteiger partial charge is 0.530 e. The van der Waals surface area contributed by atoms with E-state index in [4.69, 9.17) is 24.0 Å². The molecule has 1 unspecified atom stereocenters. The number of rotatable bonds is 6. The Kier molecular flexibility index (Phi) is 4.90. The molecule has 4 rings (SSSR count). The minimum absolute atomic E-state index is 0.0113. The van der Waals surface area contributed by atoms with Crippen LogP contribution in [0.25, 0.3) is 11.2 Å². The second-order valence-corrected chi connectivity index (χ2v) is 7.72. The molecule has 1 aliphatic rings. The van der Waals surface area contributed by atoms with Gasteiger partial charge in [0.25, 0.3) is 5.56 Å². The van der Waals surface area contributed by atoms with Gasteiger partial charge in [0, 0.05) is 5.56 Å². The number of phosphoric acid groups is 1. The van der Waals surface area contributed by atoms with E-state index in [9.17, 15) is 9.36 Å². The van der Waals surface area contributed by atoms with Gasteiger partial charge in [0.1, 0.15) is 12.5 Å². The van der Waals surface area contributed by atoms with Crippen LogP contribution in [0.3, 0.4) is 0 Å². The number of nitrogens with one attached hydrogen (secondary N) is 1. The Morgan fingerprint density at radius 1 is 1.39 bits per heavy atom. The van der Waals surface area contributed by atoms with Crippen LogP contribution in [0.4, 0.5) is 5.95 Å². The molecule has 0 spiro atoms. The van der Waals surface area contributed by atoms with Crippen LogP contribution in [0.1, 0.15) is 11.1 Å². The van der Waals surface area contributed by atoms with Crippen LogP contribution in [0, 0.1) is 6.92 Å². The summed E-state index contributed by atoms with van der Waals surface area (Å²) in [4.78, 5) is 22.1. The smallest absolute Gasteiger partial charge is 0.404 e. The molecule has 28 heavy (non-hydrogen) atoms. The topological polar surface area (TPSA) is 144 Å². The summed E-state index contributed by atoms with van der Waals surface area (Å²) in [5, 5.41) is 0. The predicted octanol–water partition coefficient (Wildman–Crippen LogP) is 1.72. The number of imidazole rings is 1. The van der Waals surface area contributed by atoms with Gasteiger partial charge in [0.15, 0.2) is 11.2 Å². The van der Waals surface area contributed by atoms with Crippen LogP contribution in [0.15, 0.2) is 29.3 Å². The van der Waals surface area contributed by atoms with Crippen molar-refractivity contribution in [2.24, 2.45) is 0 Å². The highest BCUT2D eigenvalue weighted by Crippen LogP contribution is 2.54. The van der Waals surface area contributed by atoms with Crippen molar-refractivity contribution < 1.29 is 22.9 Å². The number of nitrogens with two attached hydrogens (primary N) is 1. The van der Waals surface area contributed by atoms with Crippen LogP contribution < -0.4 is 15.8 Å². The maximum Gasteiger partial charge on any atom is 0.530 e. The van der Waals surface area contributed by atoms with E-state index in [1.165, 1.54) is 10.9 Å². The Labute approximate surface area is 159 Å². The molecule has 1 atom stereocenters. The lowest BCUT2D eigenvalue weighted by Gasteiger charge is -2.25. The van der Waals surface area contributed by atoms with E-state index < -0.39 is 13.4 Å². The van der Waals surface area contributed by atoms with Crippen molar-refractivity contribution in [2.75, 3.05) is 18.9 Å². The van der Waals surface area contributed by atoms with E-state index in [0.29, 0.717) is 11.4 Å². The Bertz CT molecular complexity index is 1130. The zero-order valence-electron chi connectivity index (χ0n) is 15.0. The van der Waals surface area contributed by atoms with Gasteiger partial charge in [-0.2, -0.15) is 4.98 Å². The molecule has 3 heterocycles. The van der Waals surface area contributed by atoms with Gasteiger partial charge in [-0.1, -0.05) is 17.7 Å². The highest BCUT2D eigenvalue weighted by molar-refractivity contribution is 7.49. The average molecular weight is 407 g/mol. The SMILES string of the molecule is Cc1ccc2c(c1)COP(=O)(OCCOCn1cnc3c(=O)[nH]c(N)nc31)O2. The molecule has 11 nitrogen and oxygen atoms in total. The minimum Gasteiger partial charge on any atom is -0.404 e. The molecule has 12 heteroatoms. The molecule has 1 aliphatic heterocycles. The number of nitrogen functional groups attached to an aromatic ring is 1. The Morgan fingerprint density at radius 3 is 3.11 bits per heavy atom. The van der Waals surface area contributed by atoms with Crippen molar-refractivity contribution in [1.29, 1.82) is 0 Å². The average Bonchev–Trinajstić information content (AvgIpc) is 3.05. The van der Waals surface area contributed by atoms with Crippen LogP contribution in [-0.4, -0.2) is 32.7 Å². The van der Waals surface area contributed by atoms with Gasteiger partial charge < -0.3 is 15.0 Å². The third kappa shape index (κ3) is 3.78. The number of fused-ring (bicyclic) bond motifs is 2. The first kappa shape index (κ1) is 18.6. The molecule has 3 N–H and O–H groups in total. The molecule has 0 saturated carbocycles. The van der Waals surface area contributed by atoms with Gasteiger partial charge in [-0.25, -0.2) is 9.55 Å². The van der Waals surface area contributed by atoms with E-state index in [1.807, 2.05) is 19.1 Å². The van der Waals surface area contributed by atoms with E-state index in [0.717, 1.165) is 11.1 Å². The first-order valence-corrected chi connectivity index (χ1v) is 9.86. The van der Waals surface area contributed by atoms with E-state index in [-0.39, 0.29) is 38.0 Å². The number of anilines is 1. The molecule has 0 amide bonds. The Morgan fingerprint density at radius 2 is 2.25 bits per heavy atom. The summed E-state index contributed by atoms with van der Waals surface area (Å²) in [6.07, 6.45) is 1.42. The van der Waals surface area contributed by atoms with Crippen LogP contribution >= 0.6 is 7.82 Å². The van der Waals surface area contributed by atoms with Gasteiger partial charge in [-0.3, -0.25) is 23.4 Å². The number of aromatic nitrogens is 4. The zero-order valence-corrected chi connectivity index (χ0v) is 15.8. The molecule has 148 valence electrons. The van der Waals surface area contributed by atoms with Crippen molar-refractivity contribution in [3.05, 3.63) is 46.0 Å². The number of aryl methyl sites for hydroxylation is 1. The molecule has 0 radical (unpaired) electrons. The standard InChI is InChI=1S/C16H18N5O6P/c1-10-2-3-12-11(6-10)7-26-28(23,27-12)25-5-4-24-9-21-8-18-13-14(21)19-16(17)20-15(13)22/h2-3,6,8H,4-5,7,9H2,1H3,(H3,17,19,20,22). The predicted molar refractivity (Wildman–Crippen MR) is 98.7 cm³/mol. The summed E-state index contributed by atoms with van der Waals surface area (Å²) in [5.41, 5.74) is 7.46. The second kappa shape index (κ2) is 7.36. The van der Waals surface area contributed by atoms with Crippen LogP contribution in [0.2, 0.25) is 0 Å². The third-order valence-electron chi connectivity index (χ3n) is 4.00. The number of phosphoric ester groups is 1. The molecule has 0 aliphatic carbocycles. The summed E-state index contributed by atoms with van der Waals surface area (Å²) in [5.74, 6) is 0.475.